The molecule has 0 saturated carbocycles. The lowest BCUT2D eigenvalue weighted by atomic mass is 9.83. The molecule has 2 aromatic carbocycles. The van der Waals surface area contributed by atoms with Crippen molar-refractivity contribution in [2.75, 3.05) is 43.2 Å². The van der Waals surface area contributed by atoms with E-state index in [-0.39, 0.29) is 6.61 Å². The molecule has 1 atom stereocenters. The number of carboxylic acids is 1. The molecule has 2 aliphatic heterocycles. The molecule has 230 valence electrons. The zero-order chi connectivity index (χ0) is 31.3. The van der Waals surface area contributed by atoms with Gasteiger partial charge in [0, 0.05) is 50.5 Å². The summed E-state index contributed by atoms with van der Waals surface area (Å²) in [5.41, 5.74) is -0.0505. The summed E-state index contributed by atoms with van der Waals surface area (Å²) in [4.78, 5) is 40.4. The Morgan fingerprint density at radius 2 is 1.80 bits per heavy atom. The number of fused-ring (bicyclic) bond motifs is 1. The number of H-pyrrole nitrogens is 1. The van der Waals surface area contributed by atoms with Crippen molar-refractivity contribution in [3.05, 3.63) is 71.9 Å². The number of ether oxygens (including phenoxy) is 2. The van der Waals surface area contributed by atoms with E-state index in [9.17, 15) is 27.9 Å². The van der Waals surface area contributed by atoms with Crippen LogP contribution in [0.3, 0.4) is 0 Å². The average molecular weight is 610 g/mol. The van der Waals surface area contributed by atoms with Crippen LogP contribution in [0, 0.1) is 0 Å². The number of hydrogen-bond donors (Lipinski definition) is 2. The summed E-state index contributed by atoms with van der Waals surface area (Å²) in [5, 5.41) is 9.72. The van der Waals surface area contributed by atoms with Crippen LogP contribution in [0.1, 0.15) is 30.9 Å². The van der Waals surface area contributed by atoms with E-state index in [0.29, 0.717) is 66.1 Å². The van der Waals surface area contributed by atoms with Crippen LogP contribution in [-0.2, 0) is 25.9 Å². The first-order valence-electron chi connectivity index (χ1n) is 14.0. The number of amides is 1. The summed E-state index contributed by atoms with van der Waals surface area (Å²) in [6.45, 7) is 3.19. The number of carboxylic acid groups (broad SMARTS) is 1. The van der Waals surface area contributed by atoms with E-state index >= 15 is 0 Å². The fourth-order valence-electron chi connectivity index (χ4n) is 5.83. The number of aromatic nitrogens is 3. The molecule has 0 radical (unpaired) electrons. The van der Waals surface area contributed by atoms with Gasteiger partial charge in [0.15, 0.2) is 0 Å². The van der Waals surface area contributed by atoms with Gasteiger partial charge in [-0.05, 0) is 55.0 Å². The first kappa shape index (κ1) is 29.4. The van der Waals surface area contributed by atoms with E-state index in [1.807, 2.05) is 12.1 Å². The molecule has 1 amide bonds. The number of imidazole rings is 1. The number of halogens is 3. The van der Waals surface area contributed by atoms with Crippen molar-refractivity contribution < 1.29 is 37.3 Å². The predicted molar refractivity (Wildman–Crippen MR) is 156 cm³/mol. The van der Waals surface area contributed by atoms with Crippen LogP contribution in [0.4, 0.5) is 29.5 Å². The summed E-state index contributed by atoms with van der Waals surface area (Å²) in [7, 11) is 1.45. The summed E-state index contributed by atoms with van der Waals surface area (Å²) in [5.74, 6) is 0.154. The Morgan fingerprint density at radius 3 is 2.41 bits per heavy atom. The van der Waals surface area contributed by atoms with Crippen molar-refractivity contribution in [3.63, 3.8) is 0 Å². The Balaban J connectivity index is 1.10. The van der Waals surface area contributed by atoms with Crippen molar-refractivity contribution in [1.29, 1.82) is 0 Å². The van der Waals surface area contributed by atoms with Gasteiger partial charge in [-0.2, -0.15) is 13.2 Å². The lowest BCUT2D eigenvalue weighted by Crippen LogP contribution is -2.47. The predicted octanol–water partition coefficient (Wildman–Crippen LogP) is 5.63. The zero-order valence-electron chi connectivity index (χ0n) is 24.0. The molecule has 0 bridgehead atoms. The Kier molecular flexibility index (Phi) is 7.23. The standard InChI is InChI=1S/C31H30F3N5O5/c1-29(18-43-2,27(40)41)20-4-7-22(8-5-20)39-17-30(44-28(39)42)11-13-38(14-12-30)25-10-3-19(16-35-25)26-36-23-9-6-21(31(32,33)34)15-24(23)37-26/h3-10,15-16H,11-14,17-18H2,1-2H3,(H,36,37)(H,40,41). The maximum Gasteiger partial charge on any atom is 0.416 e. The number of benzene rings is 2. The Labute approximate surface area is 250 Å². The SMILES string of the molecule is COCC(C)(C(=O)O)c1ccc(N2CC3(CCN(c4ccc(-c5nc6ccc(C(F)(F)F)cc6[nH]5)cn4)CC3)OC2=O)cc1. The van der Waals surface area contributed by atoms with Gasteiger partial charge in [0.25, 0.3) is 0 Å². The molecule has 2 fully saturated rings. The molecule has 4 heterocycles. The van der Waals surface area contributed by atoms with Crippen LogP contribution in [-0.4, -0.2) is 71.1 Å². The van der Waals surface area contributed by atoms with Crippen LogP contribution in [0.2, 0.25) is 0 Å². The highest BCUT2D eigenvalue weighted by molar-refractivity contribution is 5.90. The largest absolute Gasteiger partial charge is 0.481 e. The number of nitrogens with one attached hydrogen (secondary N) is 1. The van der Waals surface area contributed by atoms with Crippen LogP contribution < -0.4 is 9.80 Å². The fourth-order valence-corrected chi connectivity index (χ4v) is 5.83. The topological polar surface area (TPSA) is 121 Å². The number of aliphatic carboxylic acids is 1. The smallest absolute Gasteiger partial charge is 0.416 e. The number of carbonyl (C=O) groups is 2. The van der Waals surface area contributed by atoms with Gasteiger partial charge in [0.2, 0.25) is 0 Å². The quantitative estimate of drug-likeness (QED) is 0.277. The summed E-state index contributed by atoms with van der Waals surface area (Å²) < 4.78 is 50.3. The number of alkyl halides is 3. The molecule has 4 aromatic rings. The molecule has 2 N–H and O–H groups in total. The monoisotopic (exact) mass is 609 g/mol. The highest BCUT2D eigenvalue weighted by atomic mass is 19.4. The first-order valence-corrected chi connectivity index (χ1v) is 14.0. The molecule has 0 aliphatic carbocycles. The van der Waals surface area contributed by atoms with E-state index in [1.165, 1.54) is 13.2 Å². The number of aromatic amines is 1. The average Bonchev–Trinajstić information content (AvgIpc) is 3.57. The lowest BCUT2D eigenvalue weighted by molar-refractivity contribution is -0.145. The Bertz CT molecular complexity index is 1700. The second-order valence-electron chi connectivity index (χ2n) is 11.5. The van der Waals surface area contributed by atoms with Gasteiger partial charge in [-0.1, -0.05) is 12.1 Å². The minimum atomic E-state index is -4.44. The van der Waals surface area contributed by atoms with Gasteiger partial charge in [0.1, 0.15) is 22.7 Å². The molecule has 2 saturated heterocycles. The Morgan fingerprint density at radius 1 is 1.09 bits per heavy atom. The summed E-state index contributed by atoms with van der Waals surface area (Å²) in [6, 6.07) is 13.9. The number of hydrogen-bond acceptors (Lipinski definition) is 7. The minimum Gasteiger partial charge on any atom is -0.481 e. The van der Waals surface area contributed by atoms with Crippen molar-refractivity contribution >= 4 is 34.6 Å². The Hall–Kier alpha value is -4.65. The van der Waals surface area contributed by atoms with Crippen molar-refractivity contribution in [3.8, 4) is 11.4 Å². The van der Waals surface area contributed by atoms with Crippen molar-refractivity contribution in [2.45, 2.75) is 37.0 Å². The second kappa shape index (κ2) is 10.8. The van der Waals surface area contributed by atoms with E-state index in [1.54, 1.807) is 42.3 Å². The number of anilines is 2. The molecule has 10 nitrogen and oxygen atoms in total. The second-order valence-corrected chi connectivity index (χ2v) is 11.5. The van der Waals surface area contributed by atoms with Crippen molar-refractivity contribution in [1.82, 2.24) is 15.0 Å². The van der Waals surface area contributed by atoms with Gasteiger partial charge in [-0.3, -0.25) is 9.69 Å². The number of methoxy groups -OCH3 is 1. The maximum absolute atomic E-state index is 13.1. The third-order valence-corrected chi connectivity index (χ3v) is 8.52. The summed E-state index contributed by atoms with van der Waals surface area (Å²) in [6.07, 6.45) is -2.07. The van der Waals surface area contributed by atoms with Crippen LogP contribution >= 0.6 is 0 Å². The van der Waals surface area contributed by atoms with E-state index in [4.69, 9.17) is 9.47 Å². The van der Waals surface area contributed by atoms with E-state index in [2.05, 4.69) is 19.9 Å². The fraction of sp³-hybridized carbons (Fsp3) is 0.355. The molecule has 1 spiro atoms. The lowest BCUT2D eigenvalue weighted by Gasteiger charge is -2.38. The van der Waals surface area contributed by atoms with Crippen LogP contribution in [0.25, 0.3) is 22.4 Å². The molecular weight excluding hydrogens is 579 g/mol. The number of rotatable bonds is 7. The highest BCUT2D eigenvalue weighted by Gasteiger charge is 2.48. The van der Waals surface area contributed by atoms with Gasteiger partial charge in [-0.25, -0.2) is 14.8 Å². The van der Waals surface area contributed by atoms with Crippen molar-refractivity contribution in [2.24, 2.45) is 0 Å². The molecule has 2 aliphatic rings. The van der Waals surface area contributed by atoms with Crippen LogP contribution in [0.5, 0.6) is 0 Å². The van der Waals surface area contributed by atoms with E-state index < -0.39 is 34.8 Å². The van der Waals surface area contributed by atoms with Gasteiger partial charge >= 0.3 is 18.2 Å². The van der Waals surface area contributed by atoms with Crippen LogP contribution in [0.15, 0.2) is 60.8 Å². The molecule has 2 aromatic heterocycles. The van der Waals surface area contributed by atoms with Gasteiger partial charge in [0.05, 0.1) is 29.7 Å². The van der Waals surface area contributed by atoms with Gasteiger partial charge < -0.3 is 24.5 Å². The number of pyridine rings is 1. The molecule has 13 heteroatoms. The summed E-state index contributed by atoms with van der Waals surface area (Å²) >= 11 is 0. The van der Waals surface area contributed by atoms with E-state index in [0.717, 1.165) is 18.0 Å². The first-order chi connectivity index (χ1) is 20.9. The molecule has 6 rings (SSSR count). The molecular formula is C31H30F3N5O5. The third-order valence-electron chi connectivity index (χ3n) is 8.52. The number of piperidine rings is 1. The van der Waals surface area contributed by atoms with Gasteiger partial charge in [-0.15, -0.1) is 0 Å². The molecule has 1 unspecified atom stereocenters. The third kappa shape index (κ3) is 5.32. The normalized spacial score (nSPS) is 18.1. The highest BCUT2D eigenvalue weighted by Crippen LogP contribution is 2.38. The zero-order valence-corrected chi connectivity index (χ0v) is 24.0. The minimum absolute atomic E-state index is 0.0106. The number of nitrogens with zero attached hydrogens (tertiary/aromatic N) is 4. The number of carbonyl (C=O) groups excluding carboxylic acids is 1. The maximum atomic E-state index is 13.1. The molecule has 44 heavy (non-hydrogen) atoms.